The van der Waals surface area contributed by atoms with Gasteiger partial charge in [-0.1, -0.05) is 12.2 Å². The average molecular weight is 578 g/mol. The number of nitrogens with zero attached hydrogens (tertiary/aromatic N) is 4. The highest BCUT2D eigenvalue weighted by molar-refractivity contribution is 5.85. The first-order valence-electron chi connectivity index (χ1n) is 14.9. The number of hydrogen-bond donors (Lipinski definition) is 1. The smallest absolute Gasteiger partial charge is 0.410 e. The van der Waals surface area contributed by atoms with Crippen LogP contribution in [0.15, 0.2) is 42.4 Å². The monoisotopic (exact) mass is 577 g/mol. The highest BCUT2D eigenvalue weighted by Gasteiger charge is 2.31. The van der Waals surface area contributed by atoms with Crippen molar-refractivity contribution in [1.82, 2.24) is 25.1 Å². The molecule has 1 N–H and O–H groups in total. The highest BCUT2D eigenvalue weighted by atomic mass is 16.6. The lowest BCUT2D eigenvalue weighted by atomic mass is 9.80. The zero-order valence-electron chi connectivity index (χ0n) is 25.4. The van der Waals surface area contributed by atoms with Gasteiger partial charge in [-0.05, 0) is 76.9 Å². The highest BCUT2D eigenvalue weighted by Crippen LogP contribution is 2.37. The third kappa shape index (κ3) is 6.79. The quantitative estimate of drug-likeness (QED) is 0.490. The molecule has 0 saturated carbocycles. The number of likely N-dealkylation sites (tertiary alicyclic amines) is 2. The number of hydrogen-bond acceptors (Lipinski definition) is 7. The molecular formula is C32H43N5O5. The molecule has 0 bridgehead atoms. The van der Waals surface area contributed by atoms with Gasteiger partial charge < -0.3 is 29.3 Å². The van der Waals surface area contributed by atoms with Gasteiger partial charge in [0.15, 0.2) is 11.5 Å². The molecule has 2 aliphatic heterocycles. The SMILES string of the molecule is COc1cc2ncnc(C3CCN(C(=O)NC4=CCC(C5CCN(C(=O)OC(C)(C)C)CC5)C=C4)CC3)c2cc1OC. The van der Waals surface area contributed by atoms with Crippen LogP contribution in [0.25, 0.3) is 10.9 Å². The van der Waals surface area contributed by atoms with E-state index in [-0.39, 0.29) is 18.0 Å². The fraction of sp³-hybridized carbons (Fsp3) is 0.562. The summed E-state index contributed by atoms with van der Waals surface area (Å²) in [7, 11) is 3.24. The maximum atomic E-state index is 13.1. The zero-order valence-corrected chi connectivity index (χ0v) is 25.4. The third-order valence-corrected chi connectivity index (χ3v) is 8.52. The first kappa shape index (κ1) is 29.7. The van der Waals surface area contributed by atoms with Crippen LogP contribution < -0.4 is 14.8 Å². The van der Waals surface area contributed by atoms with Crippen molar-refractivity contribution < 1.29 is 23.8 Å². The van der Waals surface area contributed by atoms with Gasteiger partial charge in [0.25, 0.3) is 0 Å². The number of carbonyl (C=O) groups is 2. The molecule has 1 aliphatic carbocycles. The number of rotatable bonds is 5. The third-order valence-electron chi connectivity index (χ3n) is 8.52. The summed E-state index contributed by atoms with van der Waals surface area (Å²) < 4.78 is 16.5. The predicted octanol–water partition coefficient (Wildman–Crippen LogP) is 5.64. The first-order chi connectivity index (χ1) is 20.1. The Morgan fingerprint density at radius 1 is 0.929 bits per heavy atom. The summed E-state index contributed by atoms with van der Waals surface area (Å²) in [6.45, 7) is 8.45. The van der Waals surface area contributed by atoms with Crippen molar-refractivity contribution in [1.29, 1.82) is 0 Å². The normalized spacial score (nSPS) is 20.3. The molecule has 3 aliphatic rings. The molecule has 2 aromatic rings. The minimum Gasteiger partial charge on any atom is -0.493 e. The molecule has 2 saturated heterocycles. The molecule has 2 fully saturated rings. The van der Waals surface area contributed by atoms with Crippen molar-refractivity contribution in [3.05, 3.63) is 48.1 Å². The van der Waals surface area contributed by atoms with Gasteiger partial charge in [-0.2, -0.15) is 0 Å². The van der Waals surface area contributed by atoms with Gasteiger partial charge in [-0.3, -0.25) is 0 Å². The number of amides is 3. The summed E-state index contributed by atoms with van der Waals surface area (Å²) in [5, 5.41) is 4.06. The number of piperidine rings is 2. The van der Waals surface area contributed by atoms with Crippen LogP contribution in [0, 0.1) is 11.8 Å². The van der Waals surface area contributed by atoms with E-state index in [1.54, 1.807) is 20.5 Å². The summed E-state index contributed by atoms with van der Waals surface area (Å²) in [5.41, 5.74) is 2.19. The number of allylic oxidation sites excluding steroid dienone is 3. The predicted molar refractivity (Wildman–Crippen MR) is 161 cm³/mol. The van der Waals surface area contributed by atoms with Crippen molar-refractivity contribution in [2.24, 2.45) is 11.8 Å². The van der Waals surface area contributed by atoms with Crippen LogP contribution in [0.1, 0.15) is 64.5 Å². The topological polar surface area (TPSA) is 106 Å². The van der Waals surface area contributed by atoms with E-state index in [2.05, 4.69) is 27.4 Å². The molecule has 1 aromatic heterocycles. The lowest BCUT2D eigenvalue weighted by molar-refractivity contribution is 0.0168. The van der Waals surface area contributed by atoms with E-state index in [4.69, 9.17) is 14.2 Å². The molecule has 10 nitrogen and oxygen atoms in total. The van der Waals surface area contributed by atoms with Crippen molar-refractivity contribution >= 4 is 23.0 Å². The lowest BCUT2D eigenvalue weighted by Crippen LogP contribution is -2.44. The molecule has 1 atom stereocenters. The van der Waals surface area contributed by atoms with Crippen LogP contribution in [0.5, 0.6) is 11.5 Å². The minimum absolute atomic E-state index is 0.0626. The zero-order chi connectivity index (χ0) is 29.9. The van der Waals surface area contributed by atoms with E-state index in [1.807, 2.05) is 48.8 Å². The molecule has 3 amide bonds. The second kappa shape index (κ2) is 12.6. The van der Waals surface area contributed by atoms with E-state index in [0.717, 1.165) is 67.5 Å². The Balaban J connectivity index is 1.10. The molecule has 10 heteroatoms. The molecule has 0 spiro atoms. The van der Waals surface area contributed by atoms with Crippen molar-refractivity contribution in [3.63, 3.8) is 0 Å². The molecule has 1 aromatic carbocycles. The Morgan fingerprint density at radius 3 is 2.21 bits per heavy atom. The van der Waals surface area contributed by atoms with Crippen molar-refractivity contribution in [2.45, 2.75) is 64.4 Å². The maximum Gasteiger partial charge on any atom is 0.410 e. The van der Waals surface area contributed by atoms with E-state index < -0.39 is 5.60 Å². The Bertz CT molecular complexity index is 1350. The Labute approximate surface area is 248 Å². The van der Waals surface area contributed by atoms with Crippen LogP contribution in [-0.4, -0.2) is 77.9 Å². The van der Waals surface area contributed by atoms with Gasteiger partial charge in [0, 0.05) is 49.2 Å². The van der Waals surface area contributed by atoms with Crippen LogP contribution in [0.2, 0.25) is 0 Å². The fourth-order valence-electron chi connectivity index (χ4n) is 6.20. The lowest BCUT2D eigenvalue weighted by Gasteiger charge is -2.36. The standard InChI is InChI=1S/C32H43N5O5/c1-32(2,3)42-31(39)37-16-10-22(11-17-37)21-6-8-24(9-7-21)35-30(38)36-14-12-23(13-15-36)29-25-18-27(40-4)28(41-5)19-26(25)33-20-34-29/h6,8-9,18-23H,7,10-17H2,1-5H3,(H,35,38). The van der Waals surface area contributed by atoms with Crippen molar-refractivity contribution in [3.8, 4) is 11.5 Å². The van der Waals surface area contributed by atoms with E-state index in [1.165, 1.54) is 0 Å². The summed E-state index contributed by atoms with van der Waals surface area (Å²) >= 11 is 0. The number of fused-ring (bicyclic) bond motifs is 1. The van der Waals surface area contributed by atoms with E-state index in [9.17, 15) is 9.59 Å². The van der Waals surface area contributed by atoms with Gasteiger partial charge >= 0.3 is 12.1 Å². The summed E-state index contributed by atoms with van der Waals surface area (Å²) in [6.07, 6.45) is 12.2. The molecule has 1 unspecified atom stereocenters. The Morgan fingerprint density at radius 2 is 1.60 bits per heavy atom. The molecule has 42 heavy (non-hydrogen) atoms. The first-order valence-corrected chi connectivity index (χ1v) is 14.9. The van der Waals surface area contributed by atoms with Gasteiger partial charge in [0.2, 0.25) is 0 Å². The molecule has 5 rings (SSSR count). The Hall–Kier alpha value is -3.82. The second-order valence-electron chi connectivity index (χ2n) is 12.4. The van der Waals surface area contributed by atoms with Gasteiger partial charge in [-0.25, -0.2) is 19.6 Å². The number of benzene rings is 1. The second-order valence-corrected chi connectivity index (χ2v) is 12.4. The number of nitrogens with one attached hydrogen (secondary N) is 1. The fourth-order valence-corrected chi connectivity index (χ4v) is 6.20. The summed E-state index contributed by atoms with van der Waals surface area (Å²) in [5.74, 6) is 2.46. The summed E-state index contributed by atoms with van der Waals surface area (Å²) in [4.78, 5) is 38.2. The van der Waals surface area contributed by atoms with Crippen LogP contribution in [-0.2, 0) is 4.74 Å². The van der Waals surface area contributed by atoms with E-state index in [0.29, 0.717) is 36.4 Å². The van der Waals surface area contributed by atoms with Crippen LogP contribution in [0.4, 0.5) is 9.59 Å². The van der Waals surface area contributed by atoms with Crippen LogP contribution in [0.3, 0.4) is 0 Å². The maximum absolute atomic E-state index is 13.1. The molecule has 0 radical (unpaired) electrons. The molecular weight excluding hydrogens is 534 g/mol. The number of urea groups is 1. The summed E-state index contributed by atoms with van der Waals surface area (Å²) in [6, 6.07) is 3.76. The molecule has 3 heterocycles. The average Bonchev–Trinajstić information content (AvgIpc) is 2.99. The van der Waals surface area contributed by atoms with Crippen LogP contribution >= 0.6 is 0 Å². The minimum atomic E-state index is -0.475. The molecule has 226 valence electrons. The number of methoxy groups -OCH3 is 2. The van der Waals surface area contributed by atoms with Gasteiger partial charge in [-0.15, -0.1) is 0 Å². The van der Waals surface area contributed by atoms with Crippen molar-refractivity contribution in [2.75, 3.05) is 40.4 Å². The number of ether oxygens (including phenoxy) is 3. The largest absolute Gasteiger partial charge is 0.493 e. The van der Waals surface area contributed by atoms with E-state index >= 15 is 0 Å². The van der Waals surface area contributed by atoms with Gasteiger partial charge in [0.05, 0.1) is 25.4 Å². The number of aromatic nitrogens is 2. The Kier molecular flexibility index (Phi) is 8.89. The number of carbonyl (C=O) groups excluding carboxylic acids is 2. The van der Waals surface area contributed by atoms with Gasteiger partial charge in [0.1, 0.15) is 11.9 Å².